The van der Waals surface area contributed by atoms with Crippen LogP contribution in [-0.4, -0.2) is 52.9 Å². The van der Waals surface area contributed by atoms with Gasteiger partial charge >= 0.3 is 0 Å². The second-order valence-corrected chi connectivity index (χ2v) is 12.5. The van der Waals surface area contributed by atoms with Crippen molar-refractivity contribution in [3.8, 4) is 34.1 Å². The topological polar surface area (TPSA) is 65.1 Å². The highest BCUT2D eigenvalue weighted by molar-refractivity contribution is 7.90. The molecule has 4 aromatic carbocycles. The molecule has 1 saturated heterocycles. The van der Waals surface area contributed by atoms with Crippen LogP contribution in [0.1, 0.15) is 30.4 Å². The Bertz CT molecular complexity index is 1580. The minimum absolute atomic E-state index is 0.375. The fourth-order valence-electron chi connectivity index (χ4n) is 5.63. The molecule has 0 spiro atoms. The van der Waals surface area contributed by atoms with E-state index in [0.29, 0.717) is 34.1 Å². The molecule has 0 bridgehead atoms. The van der Waals surface area contributed by atoms with E-state index in [-0.39, 0.29) is 0 Å². The van der Waals surface area contributed by atoms with Crippen molar-refractivity contribution in [1.29, 1.82) is 0 Å². The van der Waals surface area contributed by atoms with E-state index in [9.17, 15) is 8.42 Å². The average Bonchev–Trinajstić information content (AvgIpc) is 2.93. The van der Waals surface area contributed by atoms with Crippen molar-refractivity contribution >= 4 is 20.6 Å². The molecule has 210 valence electrons. The molecule has 1 aliphatic heterocycles. The number of sulfone groups is 1. The van der Waals surface area contributed by atoms with Crippen molar-refractivity contribution < 1.29 is 22.6 Å². The number of fused-ring (bicyclic) bond motifs is 1. The van der Waals surface area contributed by atoms with Crippen molar-refractivity contribution in [2.24, 2.45) is 0 Å². The summed E-state index contributed by atoms with van der Waals surface area (Å²) in [5, 5.41) is 1.92. The third kappa shape index (κ3) is 6.26. The summed E-state index contributed by atoms with van der Waals surface area (Å²) >= 11 is 0. The number of hydrogen-bond acceptors (Lipinski definition) is 6. The van der Waals surface area contributed by atoms with Gasteiger partial charge in [-0.05, 0) is 123 Å². The number of piperidine rings is 1. The Morgan fingerprint density at radius 1 is 0.800 bits per heavy atom. The number of likely N-dealkylation sites (tertiary alicyclic amines) is 1. The van der Waals surface area contributed by atoms with Gasteiger partial charge < -0.3 is 14.2 Å². The third-order valence-corrected chi connectivity index (χ3v) is 8.87. The molecule has 4 aromatic rings. The van der Waals surface area contributed by atoms with Crippen molar-refractivity contribution in [2.45, 2.75) is 38.0 Å². The number of nitrogens with zero attached hydrogens (tertiary/aromatic N) is 1. The number of benzene rings is 4. The first-order valence-electron chi connectivity index (χ1n) is 13.8. The van der Waals surface area contributed by atoms with Crippen LogP contribution in [0.15, 0.2) is 71.6 Å². The molecule has 6 nitrogen and oxygen atoms in total. The number of ether oxygens (including phenoxy) is 3. The normalized spacial score (nSPS) is 14.3. The Kier molecular flexibility index (Phi) is 8.33. The van der Waals surface area contributed by atoms with Gasteiger partial charge in [0.25, 0.3) is 0 Å². The average molecular weight is 560 g/mol. The Balaban J connectivity index is 1.46. The number of aryl methyl sites for hydroxylation is 2. The Hall–Kier alpha value is -3.55. The Labute approximate surface area is 237 Å². The summed E-state index contributed by atoms with van der Waals surface area (Å²) in [7, 11) is -1.69. The monoisotopic (exact) mass is 559 g/mol. The number of methoxy groups -OCH3 is 1. The maximum absolute atomic E-state index is 12.4. The standard InChI is InChI=1S/C33H37NO5S/c1-23-20-26(21-24(2)33(23)40(4,35)36)31-14-8-25-22-29(37-3)13-15-30(25)32(31)39-28-11-9-27(10-12-28)38-19-18-34-16-6-5-7-17-34/h8-15,20-22H,5-7,16-19H2,1-4H3. The van der Waals surface area contributed by atoms with Crippen molar-refractivity contribution in [3.63, 3.8) is 0 Å². The van der Waals surface area contributed by atoms with Gasteiger partial charge in [-0.1, -0.05) is 12.5 Å². The van der Waals surface area contributed by atoms with E-state index in [1.165, 1.54) is 25.5 Å². The fourth-order valence-corrected chi connectivity index (χ4v) is 6.92. The van der Waals surface area contributed by atoms with Crippen molar-refractivity contribution in [1.82, 2.24) is 4.90 Å². The molecule has 0 saturated carbocycles. The van der Waals surface area contributed by atoms with Gasteiger partial charge in [-0.2, -0.15) is 0 Å². The largest absolute Gasteiger partial charge is 0.497 e. The molecule has 0 amide bonds. The van der Waals surface area contributed by atoms with Crippen LogP contribution in [0.4, 0.5) is 0 Å². The molecule has 0 aromatic heterocycles. The molecular formula is C33H37NO5S. The van der Waals surface area contributed by atoms with E-state index >= 15 is 0 Å². The Morgan fingerprint density at radius 3 is 2.10 bits per heavy atom. The molecule has 1 heterocycles. The third-order valence-electron chi connectivity index (χ3n) is 7.49. The number of rotatable bonds is 9. The smallest absolute Gasteiger partial charge is 0.176 e. The highest BCUT2D eigenvalue weighted by atomic mass is 32.2. The van der Waals surface area contributed by atoms with Crippen LogP contribution in [0, 0.1) is 13.8 Å². The molecule has 0 atom stereocenters. The van der Waals surface area contributed by atoms with Crippen LogP contribution < -0.4 is 14.2 Å². The molecule has 0 radical (unpaired) electrons. The van der Waals surface area contributed by atoms with Crippen LogP contribution in [0.5, 0.6) is 23.0 Å². The lowest BCUT2D eigenvalue weighted by molar-refractivity contribution is 0.183. The predicted octanol–water partition coefficient (Wildman–Crippen LogP) is 7.19. The zero-order valence-electron chi connectivity index (χ0n) is 23.7. The van der Waals surface area contributed by atoms with Crippen molar-refractivity contribution in [2.75, 3.05) is 39.6 Å². The second-order valence-electron chi connectivity index (χ2n) is 10.6. The predicted molar refractivity (Wildman–Crippen MR) is 161 cm³/mol. The van der Waals surface area contributed by atoms with E-state index in [2.05, 4.69) is 4.90 Å². The maximum atomic E-state index is 12.4. The second kappa shape index (κ2) is 11.9. The lowest BCUT2D eigenvalue weighted by atomic mass is 9.96. The molecule has 40 heavy (non-hydrogen) atoms. The number of hydrogen-bond donors (Lipinski definition) is 0. The quantitative estimate of drug-likeness (QED) is 0.216. The highest BCUT2D eigenvalue weighted by Gasteiger charge is 2.19. The molecule has 1 fully saturated rings. The fraction of sp³-hybridized carbons (Fsp3) is 0.333. The Morgan fingerprint density at radius 2 is 1.45 bits per heavy atom. The molecule has 1 aliphatic rings. The summed E-state index contributed by atoms with van der Waals surface area (Å²) in [6.45, 7) is 7.60. The van der Waals surface area contributed by atoms with Gasteiger partial charge in [0, 0.05) is 23.8 Å². The molecule has 5 rings (SSSR count). The summed E-state index contributed by atoms with van der Waals surface area (Å²) in [5.74, 6) is 2.97. The van der Waals surface area contributed by atoms with Crippen molar-refractivity contribution in [3.05, 3.63) is 77.9 Å². The highest BCUT2D eigenvalue weighted by Crippen LogP contribution is 2.42. The SMILES string of the molecule is COc1ccc2c(Oc3ccc(OCCN4CCCCC4)cc3)c(-c3cc(C)c(S(C)(=O)=O)c(C)c3)ccc2c1. The van der Waals surface area contributed by atoms with Gasteiger partial charge in [-0.25, -0.2) is 8.42 Å². The van der Waals surface area contributed by atoms with Crippen LogP contribution in [-0.2, 0) is 9.84 Å². The van der Waals surface area contributed by atoms with E-state index < -0.39 is 9.84 Å². The first-order valence-corrected chi connectivity index (χ1v) is 15.7. The van der Waals surface area contributed by atoms with Crippen LogP contribution in [0.2, 0.25) is 0 Å². The van der Waals surface area contributed by atoms with E-state index in [4.69, 9.17) is 14.2 Å². The van der Waals surface area contributed by atoms with E-state index in [0.717, 1.165) is 53.0 Å². The van der Waals surface area contributed by atoms with Crippen LogP contribution in [0.25, 0.3) is 21.9 Å². The van der Waals surface area contributed by atoms with Crippen LogP contribution in [0.3, 0.4) is 0 Å². The van der Waals surface area contributed by atoms with E-state index in [1.54, 1.807) is 7.11 Å². The summed E-state index contributed by atoms with van der Waals surface area (Å²) < 4.78 is 42.8. The van der Waals surface area contributed by atoms with Gasteiger partial charge in [0.15, 0.2) is 9.84 Å². The molecule has 0 N–H and O–H groups in total. The van der Waals surface area contributed by atoms with Gasteiger partial charge in [-0.3, -0.25) is 4.90 Å². The van der Waals surface area contributed by atoms with Gasteiger partial charge in [0.2, 0.25) is 0 Å². The zero-order chi connectivity index (χ0) is 28.3. The first-order chi connectivity index (χ1) is 19.2. The van der Waals surface area contributed by atoms with Gasteiger partial charge in [0.05, 0.1) is 12.0 Å². The summed E-state index contributed by atoms with van der Waals surface area (Å²) in [6.07, 6.45) is 5.13. The minimum atomic E-state index is -3.34. The summed E-state index contributed by atoms with van der Waals surface area (Å²) in [4.78, 5) is 2.84. The minimum Gasteiger partial charge on any atom is -0.497 e. The van der Waals surface area contributed by atoms with Gasteiger partial charge in [0.1, 0.15) is 29.6 Å². The van der Waals surface area contributed by atoms with Gasteiger partial charge in [-0.15, -0.1) is 0 Å². The lowest BCUT2D eigenvalue weighted by Crippen LogP contribution is -2.33. The summed E-state index contributed by atoms with van der Waals surface area (Å²) in [5.41, 5.74) is 3.20. The molecular weight excluding hydrogens is 522 g/mol. The van der Waals surface area contributed by atoms with E-state index in [1.807, 2.05) is 80.6 Å². The zero-order valence-corrected chi connectivity index (χ0v) is 24.5. The molecule has 7 heteroatoms. The molecule has 0 aliphatic carbocycles. The lowest BCUT2D eigenvalue weighted by Gasteiger charge is -2.26. The van der Waals surface area contributed by atoms with Crippen LogP contribution >= 0.6 is 0 Å². The molecule has 0 unspecified atom stereocenters. The first kappa shape index (κ1) is 28.0. The maximum Gasteiger partial charge on any atom is 0.176 e. The summed E-state index contributed by atoms with van der Waals surface area (Å²) in [6, 6.07) is 21.5.